The number of hydrogen-bond donors (Lipinski definition) is 0. The second-order valence-corrected chi connectivity index (χ2v) is 18.8. The molecule has 3 rings (SSSR count). The van der Waals surface area contributed by atoms with Crippen LogP contribution in [-0.4, -0.2) is 95.4 Å². The lowest BCUT2D eigenvalue weighted by atomic mass is 9.78. The summed E-state index contributed by atoms with van der Waals surface area (Å²) in [6, 6.07) is 0. The lowest BCUT2D eigenvalue weighted by molar-refractivity contribution is -0.120. The molecule has 248 valence electrons. The van der Waals surface area contributed by atoms with E-state index in [0.717, 1.165) is 58.2 Å². The Bertz CT molecular complexity index is 811. The zero-order valence-electron chi connectivity index (χ0n) is 30.1. The van der Waals surface area contributed by atoms with Crippen LogP contribution in [0.4, 0.5) is 0 Å². The molecule has 0 amide bonds. The van der Waals surface area contributed by atoms with Gasteiger partial charge in [0.2, 0.25) is 0 Å². The van der Waals surface area contributed by atoms with Gasteiger partial charge in [0.1, 0.15) is 0 Å². The quantitative estimate of drug-likeness (QED) is 0.168. The second-order valence-electron chi connectivity index (χ2n) is 17.4. The first-order valence-corrected chi connectivity index (χ1v) is 18.1. The van der Waals surface area contributed by atoms with E-state index in [-0.39, 0.29) is 51.5 Å². The Balaban J connectivity index is 1.88. The van der Waals surface area contributed by atoms with Crippen LogP contribution in [0.1, 0.15) is 122 Å². The normalized spacial score (nSPS) is 28.1. The Labute approximate surface area is 267 Å². The van der Waals surface area contributed by atoms with Gasteiger partial charge >= 0.3 is 9.53 Å². The molecule has 0 spiro atoms. The Kier molecular flexibility index (Phi) is 11.2. The molecule has 0 N–H and O–H groups in total. The molecule has 0 unspecified atom stereocenters. The molecule has 0 aromatic heterocycles. The van der Waals surface area contributed by atoms with E-state index < -0.39 is 9.53 Å². The van der Waals surface area contributed by atoms with Gasteiger partial charge in [-0.15, -0.1) is 19.7 Å². The summed E-state index contributed by atoms with van der Waals surface area (Å²) in [5, 5.41) is 0. The Morgan fingerprint density at radius 1 is 0.465 bits per heavy atom. The van der Waals surface area contributed by atoms with Crippen molar-refractivity contribution in [2.45, 2.75) is 173 Å². The van der Waals surface area contributed by atoms with E-state index in [4.69, 9.17) is 13.3 Å². The third-order valence-electron chi connectivity index (χ3n) is 10.6. The molecule has 3 aliphatic rings. The molecule has 0 saturated carbocycles. The highest BCUT2D eigenvalue weighted by Gasteiger charge is 2.50. The molecular formula is C36H67N3O3Si. The van der Waals surface area contributed by atoms with Gasteiger partial charge < -0.3 is 13.3 Å². The molecule has 3 heterocycles. The number of rotatable bonds is 12. The van der Waals surface area contributed by atoms with Crippen molar-refractivity contribution in [1.82, 2.24) is 14.7 Å². The van der Waals surface area contributed by atoms with Crippen molar-refractivity contribution in [1.29, 1.82) is 0 Å². The van der Waals surface area contributed by atoms with Gasteiger partial charge in [0.25, 0.3) is 0 Å². The molecule has 3 fully saturated rings. The van der Waals surface area contributed by atoms with Crippen LogP contribution < -0.4 is 0 Å². The maximum absolute atomic E-state index is 7.10. The zero-order valence-corrected chi connectivity index (χ0v) is 31.2. The van der Waals surface area contributed by atoms with Crippen LogP contribution in [0.5, 0.6) is 0 Å². The highest BCUT2D eigenvalue weighted by atomic mass is 28.3. The molecule has 0 aromatic carbocycles. The molecule has 3 aliphatic heterocycles. The van der Waals surface area contributed by atoms with Crippen molar-refractivity contribution in [2.75, 3.05) is 19.6 Å². The second kappa shape index (κ2) is 13.1. The van der Waals surface area contributed by atoms with E-state index in [9.17, 15) is 0 Å². The lowest BCUT2D eigenvalue weighted by Crippen LogP contribution is -2.64. The summed E-state index contributed by atoms with van der Waals surface area (Å²) in [5.41, 5.74) is -0.0859. The predicted molar refractivity (Wildman–Crippen MR) is 185 cm³/mol. The van der Waals surface area contributed by atoms with Gasteiger partial charge in [-0.1, -0.05) is 18.2 Å². The first-order valence-electron chi connectivity index (χ1n) is 16.7. The van der Waals surface area contributed by atoms with E-state index in [1.807, 2.05) is 18.2 Å². The van der Waals surface area contributed by atoms with E-state index in [2.05, 4.69) is 118 Å². The molecular weight excluding hydrogens is 551 g/mol. The summed E-state index contributed by atoms with van der Waals surface area (Å²) in [5.74, 6) is 0. The third-order valence-corrected chi connectivity index (χ3v) is 12.4. The smallest absolute Gasteiger partial charge is 0.373 e. The van der Waals surface area contributed by atoms with Crippen LogP contribution in [0, 0.1) is 0 Å². The Morgan fingerprint density at radius 3 is 0.814 bits per heavy atom. The summed E-state index contributed by atoms with van der Waals surface area (Å²) < 4.78 is 21.3. The van der Waals surface area contributed by atoms with E-state index in [1.54, 1.807) is 0 Å². The SMILES string of the molecule is C=CCN1C(C)(C)CC(O[SiH](OC2CC(C)(C)N(CC=C)C(C)(C)C2)OC2CC(C)(C)N(CC=C)C(C)(C)C2)CC1(C)C. The minimum atomic E-state index is -2.53. The minimum Gasteiger partial charge on any atom is -0.373 e. The van der Waals surface area contributed by atoms with Gasteiger partial charge in [-0.2, -0.15) is 0 Å². The number of likely N-dealkylation sites (tertiary alicyclic amines) is 3. The largest absolute Gasteiger partial charge is 0.484 e. The van der Waals surface area contributed by atoms with Crippen molar-refractivity contribution in [3.8, 4) is 0 Å². The molecule has 7 heteroatoms. The van der Waals surface area contributed by atoms with Gasteiger partial charge in [-0.25, -0.2) is 0 Å². The number of hydrogen-bond acceptors (Lipinski definition) is 6. The Morgan fingerprint density at radius 2 is 0.651 bits per heavy atom. The van der Waals surface area contributed by atoms with Crippen molar-refractivity contribution >= 4 is 9.53 Å². The molecule has 0 aliphatic carbocycles. The third kappa shape index (κ3) is 8.52. The van der Waals surface area contributed by atoms with Gasteiger partial charge in [0, 0.05) is 52.9 Å². The van der Waals surface area contributed by atoms with E-state index in [1.165, 1.54) is 0 Å². The van der Waals surface area contributed by atoms with Crippen LogP contribution in [0.25, 0.3) is 0 Å². The fourth-order valence-electron chi connectivity index (χ4n) is 9.40. The molecule has 0 atom stereocenters. The first-order chi connectivity index (χ1) is 19.6. The van der Waals surface area contributed by atoms with Crippen LogP contribution in [0.2, 0.25) is 0 Å². The van der Waals surface area contributed by atoms with Crippen molar-refractivity contribution in [3.05, 3.63) is 38.0 Å². The molecule has 0 aromatic rings. The highest BCUT2D eigenvalue weighted by Crippen LogP contribution is 2.43. The van der Waals surface area contributed by atoms with Gasteiger partial charge in [0.05, 0.1) is 18.3 Å². The minimum absolute atomic E-state index is 0.0143. The molecule has 0 radical (unpaired) electrons. The highest BCUT2D eigenvalue weighted by molar-refractivity contribution is 6.36. The average Bonchev–Trinajstić information content (AvgIpc) is 2.79. The zero-order chi connectivity index (χ0) is 32.6. The first kappa shape index (κ1) is 36.7. The maximum Gasteiger partial charge on any atom is 0.484 e. The monoisotopic (exact) mass is 617 g/mol. The van der Waals surface area contributed by atoms with Gasteiger partial charge in [-0.3, -0.25) is 14.7 Å². The van der Waals surface area contributed by atoms with E-state index >= 15 is 0 Å². The maximum atomic E-state index is 7.10. The molecule has 6 nitrogen and oxygen atoms in total. The van der Waals surface area contributed by atoms with Crippen molar-refractivity contribution < 1.29 is 13.3 Å². The lowest BCUT2D eigenvalue weighted by Gasteiger charge is -2.57. The summed E-state index contributed by atoms with van der Waals surface area (Å²) in [7, 11) is -2.53. The van der Waals surface area contributed by atoms with Crippen LogP contribution in [0.15, 0.2) is 38.0 Å². The summed E-state index contributed by atoms with van der Waals surface area (Å²) >= 11 is 0. The fraction of sp³-hybridized carbons (Fsp3) is 0.833. The van der Waals surface area contributed by atoms with Crippen LogP contribution in [0.3, 0.4) is 0 Å². The van der Waals surface area contributed by atoms with Crippen molar-refractivity contribution in [2.24, 2.45) is 0 Å². The average molecular weight is 618 g/mol. The molecule has 0 bridgehead atoms. The molecule has 3 saturated heterocycles. The van der Waals surface area contributed by atoms with Crippen LogP contribution >= 0.6 is 0 Å². The van der Waals surface area contributed by atoms with Gasteiger partial charge in [0.15, 0.2) is 0 Å². The number of piperidine rings is 3. The Hall–Kier alpha value is -0.803. The van der Waals surface area contributed by atoms with Gasteiger partial charge in [-0.05, 0) is 122 Å². The summed E-state index contributed by atoms with van der Waals surface area (Å²) in [4.78, 5) is 7.73. The molecule has 43 heavy (non-hydrogen) atoms. The fourth-order valence-corrected chi connectivity index (χ4v) is 11.1. The van der Waals surface area contributed by atoms with Crippen LogP contribution in [-0.2, 0) is 13.3 Å². The van der Waals surface area contributed by atoms with E-state index in [0.29, 0.717) is 0 Å². The standard InChI is InChI=1S/C36H67N3O3Si/c1-16-19-37-31(4,5)22-28(23-32(37,6)7)40-43(41-29-24-33(8,9)38(20-17-2)34(10,11)25-29)42-30-26-35(12,13)39(21-18-3)36(14,15)27-30/h16-18,28-30,43H,1-3,19-27H2,4-15H3. The topological polar surface area (TPSA) is 37.4 Å². The summed E-state index contributed by atoms with van der Waals surface area (Å²) in [6.45, 7) is 42.8. The van der Waals surface area contributed by atoms with Crippen molar-refractivity contribution in [3.63, 3.8) is 0 Å². The number of nitrogens with zero attached hydrogens (tertiary/aromatic N) is 3. The summed E-state index contributed by atoms with van der Waals surface area (Å²) in [6.07, 6.45) is 12.0. The predicted octanol–water partition coefficient (Wildman–Crippen LogP) is 7.38.